The lowest BCUT2D eigenvalue weighted by Crippen LogP contribution is -2.39. The highest BCUT2D eigenvalue weighted by Gasteiger charge is 2.13. The number of carbonyl (C=O) groups excluding carboxylic acids is 1. The van der Waals surface area contributed by atoms with Gasteiger partial charge in [0.25, 0.3) is 0 Å². The Hall–Kier alpha value is -0.650. The first-order valence-electron chi connectivity index (χ1n) is 4.88. The average molecular weight is 203 g/mol. The summed E-state index contributed by atoms with van der Waals surface area (Å²) < 4.78 is 15.3. The van der Waals surface area contributed by atoms with Gasteiger partial charge in [-0.3, -0.25) is 4.79 Å². The molecule has 0 aliphatic carbocycles. The van der Waals surface area contributed by atoms with Gasteiger partial charge in [0.1, 0.15) is 0 Å². The summed E-state index contributed by atoms with van der Waals surface area (Å²) in [5.74, 6) is -0.232. The van der Waals surface area contributed by atoms with Crippen LogP contribution in [0.25, 0.3) is 0 Å². The van der Waals surface area contributed by atoms with Crippen LogP contribution < -0.4 is 5.32 Å². The van der Waals surface area contributed by atoms with E-state index in [0.29, 0.717) is 33.0 Å². The van der Waals surface area contributed by atoms with Gasteiger partial charge in [-0.1, -0.05) is 0 Å². The lowest BCUT2D eigenvalue weighted by molar-refractivity contribution is -0.142. The van der Waals surface area contributed by atoms with Crippen molar-refractivity contribution in [1.82, 2.24) is 5.32 Å². The zero-order valence-corrected chi connectivity index (χ0v) is 8.45. The molecule has 5 heteroatoms. The number of ether oxygens (including phenoxy) is 3. The Kier molecular flexibility index (Phi) is 5.51. The minimum absolute atomic E-state index is 0.0539. The lowest BCUT2D eigenvalue weighted by atomic mass is 10.3. The first kappa shape index (κ1) is 11.4. The molecule has 1 fully saturated rings. The van der Waals surface area contributed by atoms with E-state index in [4.69, 9.17) is 14.2 Å². The number of esters is 1. The van der Waals surface area contributed by atoms with E-state index in [-0.39, 0.29) is 18.6 Å². The van der Waals surface area contributed by atoms with E-state index in [1.54, 1.807) is 6.92 Å². The Balaban J connectivity index is 1.99. The highest BCUT2D eigenvalue weighted by molar-refractivity contribution is 5.71. The molecule has 1 aliphatic rings. The summed E-state index contributed by atoms with van der Waals surface area (Å²) in [6.45, 7) is 4.95. The van der Waals surface area contributed by atoms with Crippen molar-refractivity contribution in [2.45, 2.75) is 13.0 Å². The average Bonchev–Trinajstić information content (AvgIpc) is 2.20. The quantitative estimate of drug-likeness (QED) is 0.614. The van der Waals surface area contributed by atoms with Crippen molar-refractivity contribution in [3.05, 3.63) is 0 Å². The summed E-state index contributed by atoms with van der Waals surface area (Å²) >= 11 is 0. The third-order valence-corrected chi connectivity index (χ3v) is 1.83. The highest BCUT2D eigenvalue weighted by Crippen LogP contribution is 1.98. The molecular weight excluding hydrogens is 186 g/mol. The predicted molar refractivity (Wildman–Crippen MR) is 50.1 cm³/mol. The molecule has 0 aromatic carbocycles. The normalized spacial score (nSPS) is 21.9. The first-order valence-corrected chi connectivity index (χ1v) is 4.88. The Morgan fingerprint density at radius 2 is 2.43 bits per heavy atom. The van der Waals surface area contributed by atoms with Gasteiger partial charge in [0.15, 0.2) is 0 Å². The van der Waals surface area contributed by atoms with Crippen molar-refractivity contribution >= 4 is 5.97 Å². The van der Waals surface area contributed by atoms with Crippen molar-refractivity contribution in [3.8, 4) is 0 Å². The second kappa shape index (κ2) is 6.75. The summed E-state index contributed by atoms with van der Waals surface area (Å²) in [5, 5.41) is 2.96. The largest absolute Gasteiger partial charge is 0.465 e. The van der Waals surface area contributed by atoms with E-state index in [9.17, 15) is 4.79 Å². The van der Waals surface area contributed by atoms with Crippen LogP contribution in [0.4, 0.5) is 0 Å². The molecule has 82 valence electrons. The molecule has 0 amide bonds. The molecule has 0 spiro atoms. The summed E-state index contributed by atoms with van der Waals surface area (Å²) in [6, 6.07) is 0. The molecule has 1 N–H and O–H groups in total. The van der Waals surface area contributed by atoms with Gasteiger partial charge in [-0.05, 0) is 6.92 Å². The van der Waals surface area contributed by atoms with E-state index >= 15 is 0 Å². The molecule has 1 heterocycles. The van der Waals surface area contributed by atoms with Crippen LogP contribution in [-0.2, 0) is 19.0 Å². The number of nitrogens with one attached hydrogen (secondary N) is 1. The molecule has 1 aliphatic heterocycles. The Morgan fingerprint density at radius 1 is 1.57 bits per heavy atom. The topological polar surface area (TPSA) is 56.8 Å². The lowest BCUT2D eigenvalue weighted by Gasteiger charge is -2.22. The molecule has 1 rings (SSSR count). The Labute approximate surface area is 83.7 Å². The molecular formula is C9H17NO4. The number of hydrogen-bond donors (Lipinski definition) is 1. The molecule has 1 unspecified atom stereocenters. The molecule has 1 saturated heterocycles. The van der Waals surface area contributed by atoms with E-state index in [1.807, 2.05) is 0 Å². The zero-order valence-electron chi connectivity index (χ0n) is 8.45. The first-order chi connectivity index (χ1) is 6.83. The molecule has 0 aromatic heterocycles. The summed E-state index contributed by atoms with van der Waals surface area (Å²) in [6.07, 6.45) is 0.0539. The van der Waals surface area contributed by atoms with Gasteiger partial charge in [0, 0.05) is 6.54 Å². The van der Waals surface area contributed by atoms with Crippen LogP contribution in [-0.4, -0.2) is 51.6 Å². The number of rotatable bonds is 5. The standard InChI is InChI=1S/C9H17NO4/c1-2-13-9(11)6-10-5-8-7-12-3-4-14-8/h8,10H,2-7H2,1H3. The van der Waals surface area contributed by atoms with Gasteiger partial charge in [0.05, 0.1) is 39.1 Å². The van der Waals surface area contributed by atoms with Crippen LogP contribution in [0.1, 0.15) is 6.92 Å². The molecule has 14 heavy (non-hydrogen) atoms. The second-order valence-electron chi connectivity index (χ2n) is 3.00. The zero-order chi connectivity index (χ0) is 10.2. The fraction of sp³-hybridized carbons (Fsp3) is 0.889. The SMILES string of the molecule is CCOC(=O)CNCC1COCCO1. The molecule has 0 bridgehead atoms. The number of carbonyl (C=O) groups is 1. The third-order valence-electron chi connectivity index (χ3n) is 1.83. The van der Waals surface area contributed by atoms with Crippen molar-refractivity contribution in [2.24, 2.45) is 0 Å². The van der Waals surface area contributed by atoms with Gasteiger partial charge in [0.2, 0.25) is 0 Å². The van der Waals surface area contributed by atoms with E-state index in [1.165, 1.54) is 0 Å². The molecule has 0 aromatic rings. The van der Waals surface area contributed by atoms with E-state index < -0.39 is 0 Å². The highest BCUT2D eigenvalue weighted by atomic mass is 16.6. The fourth-order valence-corrected chi connectivity index (χ4v) is 1.20. The monoisotopic (exact) mass is 203 g/mol. The van der Waals surface area contributed by atoms with Crippen LogP contribution >= 0.6 is 0 Å². The van der Waals surface area contributed by atoms with E-state index in [0.717, 1.165) is 0 Å². The van der Waals surface area contributed by atoms with E-state index in [2.05, 4.69) is 5.32 Å². The van der Waals surface area contributed by atoms with Gasteiger partial charge < -0.3 is 19.5 Å². The van der Waals surface area contributed by atoms with Crippen molar-refractivity contribution < 1.29 is 19.0 Å². The van der Waals surface area contributed by atoms with Crippen molar-refractivity contribution in [1.29, 1.82) is 0 Å². The Morgan fingerprint density at radius 3 is 3.07 bits per heavy atom. The summed E-state index contributed by atoms with van der Waals surface area (Å²) in [7, 11) is 0. The molecule has 5 nitrogen and oxygen atoms in total. The van der Waals surface area contributed by atoms with Gasteiger partial charge in [-0.15, -0.1) is 0 Å². The maximum Gasteiger partial charge on any atom is 0.319 e. The van der Waals surface area contributed by atoms with Gasteiger partial charge in [-0.25, -0.2) is 0 Å². The molecule has 0 radical (unpaired) electrons. The summed E-state index contributed by atoms with van der Waals surface area (Å²) in [5.41, 5.74) is 0. The Bertz CT molecular complexity index is 168. The van der Waals surface area contributed by atoms with Gasteiger partial charge in [-0.2, -0.15) is 0 Å². The summed E-state index contributed by atoms with van der Waals surface area (Å²) in [4.78, 5) is 10.9. The van der Waals surface area contributed by atoms with Crippen molar-refractivity contribution in [3.63, 3.8) is 0 Å². The van der Waals surface area contributed by atoms with Crippen LogP contribution in [0.15, 0.2) is 0 Å². The molecule has 0 saturated carbocycles. The second-order valence-corrected chi connectivity index (χ2v) is 3.00. The number of hydrogen-bond acceptors (Lipinski definition) is 5. The smallest absolute Gasteiger partial charge is 0.319 e. The van der Waals surface area contributed by atoms with Crippen LogP contribution in [0.3, 0.4) is 0 Å². The fourth-order valence-electron chi connectivity index (χ4n) is 1.20. The maximum absolute atomic E-state index is 10.9. The maximum atomic E-state index is 10.9. The van der Waals surface area contributed by atoms with Crippen LogP contribution in [0.5, 0.6) is 0 Å². The van der Waals surface area contributed by atoms with Gasteiger partial charge >= 0.3 is 5.97 Å². The predicted octanol–water partition coefficient (Wildman–Crippen LogP) is -0.445. The van der Waals surface area contributed by atoms with Crippen LogP contribution in [0, 0.1) is 0 Å². The molecule has 1 atom stereocenters. The minimum Gasteiger partial charge on any atom is -0.465 e. The minimum atomic E-state index is -0.232. The van der Waals surface area contributed by atoms with Crippen LogP contribution in [0.2, 0.25) is 0 Å². The van der Waals surface area contributed by atoms with Crippen molar-refractivity contribution in [2.75, 3.05) is 39.5 Å². The third kappa shape index (κ3) is 4.55.